The normalized spacial score (nSPS) is 10.8. The van der Waals surface area contributed by atoms with Crippen LogP contribution in [-0.4, -0.2) is 33.7 Å². The molecule has 0 aliphatic rings. The highest BCUT2D eigenvalue weighted by Crippen LogP contribution is 2.29. The second-order valence-electron chi connectivity index (χ2n) is 5.99. The van der Waals surface area contributed by atoms with E-state index >= 15 is 0 Å². The minimum atomic E-state index is -1.15. The molecule has 1 amide bonds. The van der Waals surface area contributed by atoms with Crippen LogP contribution >= 0.6 is 11.3 Å². The lowest BCUT2D eigenvalue weighted by molar-refractivity contribution is -0.135. The van der Waals surface area contributed by atoms with Crippen molar-refractivity contribution in [2.24, 2.45) is 0 Å². The Bertz CT molecular complexity index is 1200. The number of hydrogen-bond acceptors (Lipinski definition) is 7. The monoisotopic (exact) mass is 412 g/mol. The number of hydrogen-bond donors (Lipinski definition) is 3. The average molecular weight is 412 g/mol. The molecule has 29 heavy (non-hydrogen) atoms. The zero-order valence-corrected chi connectivity index (χ0v) is 15.5. The molecular weight excluding hydrogens is 399 g/mol. The van der Waals surface area contributed by atoms with E-state index in [1.807, 2.05) is 0 Å². The highest BCUT2D eigenvalue weighted by Gasteiger charge is 2.15. The van der Waals surface area contributed by atoms with Gasteiger partial charge < -0.3 is 20.3 Å². The molecule has 0 fully saturated rings. The summed E-state index contributed by atoms with van der Waals surface area (Å²) in [7, 11) is 0. The van der Waals surface area contributed by atoms with Crippen molar-refractivity contribution in [3.05, 3.63) is 60.1 Å². The molecule has 0 saturated heterocycles. The molecule has 0 radical (unpaired) electrons. The van der Waals surface area contributed by atoms with Crippen LogP contribution < -0.4 is 10.6 Å². The standard InChI is InChI=1S/C19H13FN4O4S/c20-11-3-6-13-16(7-11)29-19(23-13)22-12-4-1-10(2-5-12)14-8-15(28-24-14)18(27)21-9-17(25)26/h1-8H,9H2,(H,21,27)(H,22,23)(H,25,26). The van der Waals surface area contributed by atoms with Crippen molar-refractivity contribution < 1.29 is 23.6 Å². The van der Waals surface area contributed by atoms with E-state index in [9.17, 15) is 14.0 Å². The number of carboxylic acid groups (broad SMARTS) is 1. The Morgan fingerprint density at radius 2 is 1.93 bits per heavy atom. The summed E-state index contributed by atoms with van der Waals surface area (Å²) < 4.78 is 19.0. The van der Waals surface area contributed by atoms with Gasteiger partial charge in [0.15, 0.2) is 5.13 Å². The average Bonchev–Trinajstić information content (AvgIpc) is 3.33. The molecule has 10 heteroatoms. The number of carboxylic acids is 1. The molecule has 2 heterocycles. The summed E-state index contributed by atoms with van der Waals surface area (Å²) in [4.78, 5) is 26.7. The van der Waals surface area contributed by atoms with E-state index in [0.717, 1.165) is 10.4 Å². The molecule has 0 unspecified atom stereocenters. The maximum atomic E-state index is 13.3. The maximum Gasteiger partial charge on any atom is 0.322 e. The number of benzene rings is 2. The van der Waals surface area contributed by atoms with Gasteiger partial charge in [0.1, 0.15) is 18.1 Å². The summed E-state index contributed by atoms with van der Waals surface area (Å²) in [5, 5.41) is 18.4. The van der Waals surface area contributed by atoms with Gasteiger partial charge in [0.05, 0.1) is 10.2 Å². The predicted octanol–water partition coefficient (Wildman–Crippen LogP) is 3.65. The predicted molar refractivity (Wildman–Crippen MR) is 105 cm³/mol. The van der Waals surface area contributed by atoms with Crippen LogP contribution in [0.15, 0.2) is 53.1 Å². The third kappa shape index (κ3) is 4.22. The lowest BCUT2D eigenvalue weighted by Gasteiger charge is -2.03. The van der Waals surface area contributed by atoms with Crippen molar-refractivity contribution in [1.82, 2.24) is 15.5 Å². The van der Waals surface area contributed by atoms with Gasteiger partial charge in [0.2, 0.25) is 5.76 Å². The first-order valence-corrected chi connectivity index (χ1v) is 9.20. The van der Waals surface area contributed by atoms with Gasteiger partial charge in [-0.15, -0.1) is 0 Å². The molecule has 0 aliphatic carbocycles. The van der Waals surface area contributed by atoms with E-state index in [1.165, 1.54) is 29.5 Å². The number of amides is 1. The van der Waals surface area contributed by atoms with Crippen LogP contribution in [0, 0.1) is 5.82 Å². The molecule has 2 aromatic carbocycles. The summed E-state index contributed by atoms with van der Waals surface area (Å²) >= 11 is 1.34. The van der Waals surface area contributed by atoms with Crippen molar-refractivity contribution >= 4 is 44.2 Å². The van der Waals surface area contributed by atoms with Crippen molar-refractivity contribution in [3.63, 3.8) is 0 Å². The molecule has 3 N–H and O–H groups in total. The van der Waals surface area contributed by atoms with Gasteiger partial charge in [-0.2, -0.15) is 0 Å². The quantitative estimate of drug-likeness (QED) is 0.442. The molecule has 146 valence electrons. The minimum absolute atomic E-state index is 0.0786. The van der Waals surface area contributed by atoms with Crippen LogP contribution in [0.3, 0.4) is 0 Å². The molecule has 0 bridgehead atoms. The number of thiazole rings is 1. The van der Waals surface area contributed by atoms with Gasteiger partial charge in [-0.3, -0.25) is 9.59 Å². The zero-order chi connectivity index (χ0) is 20.4. The molecule has 8 nitrogen and oxygen atoms in total. The summed E-state index contributed by atoms with van der Waals surface area (Å²) in [6, 6.07) is 13.1. The van der Waals surface area contributed by atoms with Gasteiger partial charge in [0.25, 0.3) is 5.91 Å². The molecule has 4 aromatic rings. The summed E-state index contributed by atoms with van der Waals surface area (Å²) in [6.07, 6.45) is 0. The number of aromatic nitrogens is 2. The number of fused-ring (bicyclic) bond motifs is 1. The number of halogens is 1. The summed E-state index contributed by atoms with van der Waals surface area (Å²) in [5.74, 6) is -2.19. The van der Waals surface area contributed by atoms with E-state index in [2.05, 4.69) is 20.8 Å². The lowest BCUT2D eigenvalue weighted by atomic mass is 10.1. The smallest absolute Gasteiger partial charge is 0.322 e. The van der Waals surface area contributed by atoms with Crippen LogP contribution in [0.5, 0.6) is 0 Å². The van der Waals surface area contributed by atoms with Crippen LogP contribution in [-0.2, 0) is 4.79 Å². The number of nitrogens with zero attached hydrogens (tertiary/aromatic N) is 2. The fourth-order valence-electron chi connectivity index (χ4n) is 2.56. The second-order valence-corrected chi connectivity index (χ2v) is 7.02. The molecule has 2 aromatic heterocycles. The number of aliphatic carboxylic acids is 1. The zero-order valence-electron chi connectivity index (χ0n) is 14.7. The highest BCUT2D eigenvalue weighted by atomic mass is 32.1. The first kappa shape index (κ1) is 18.6. The maximum absolute atomic E-state index is 13.3. The largest absolute Gasteiger partial charge is 0.480 e. The van der Waals surface area contributed by atoms with E-state index in [0.29, 0.717) is 21.9 Å². The first-order valence-electron chi connectivity index (χ1n) is 8.38. The van der Waals surface area contributed by atoms with E-state index in [4.69, 9.17) is 9.63 Å². The topological polar surface area (TPSA) is 117 Å². The van der Waals surface area contributed by atoms with Gasteiger partial charge in [-0.25, -0.2) is 9.37 Å². The van der Waals surface area contributed by atoms with E-state index in [-0.39, 0.29) is 11.6 Å². The molecule has 4 rings (SSSR count). The molecular formula is C19H13FN4O4S. The van der Waals surface area contributed by atoms with E-state index < -0.39 is 18.4 Å². The second kappa shape index (κ2) is 7.68. The van der Waals surface area contributed by atoms with Gasteiger partial charge in [-0.05, 0) is 30.3 Å². The number of nitrogens with one attached hydrogen (secondary N) is 2. The summed E-state index contributed by atoms with van der Waals surface area (Å²) in [6.45, 7) is -0.506. The number of anilines is 2. The molecule has 0 saturated carbocycles. The fraction of sp³-hybridized carbons (Fsp3) is 0.0526. The lowest BCUT2D eigenvalue weighted by Crippen LogP contribution is -2.28. The van der Waals surface area contributed by atoms with Crippen molar-refractivity contribution in [2.45, 2.75) is 0 Å². The Morgan fingerprint density at radius 1 is 1.14 bits per heavy atom. The van der Waals surface area contributed by atoms with Gasteiger partial charge >= 0.3 is 5.97 Å². The van der Waals surface area contributed by atoms with E-state index in [1.54, 1.807) is 30.3 Å². The fourth-order valence-corrected chi connectivity index (χ4v) is 3.47. The Balaban J connectivity index is 1.46. The first-order chi connectivity index (χ1) is 14.0. The van der Waals surface area contributed by atoms with Crippen molar-refractivity contribution in [1.29, 1.82) is 0 Å². The summed E-state index contributed by atoms with van der Waals surface area (Å²) in [5.41, 5.74) is 2.64. The third-order valence-corrected chi connectivity index (χ3v) is 4.85. The third-order valence-electron chi connectivity index (χ3n) is 3.92. The number of carbonyl (C=O) groups excluding carboxylic acids is 1. The minimum Gasteiger partial charge on any atom is -0.480 e. The van der Waals surface area contributed by atoms with Crippen LogP contribution in [0.4, 0.5) is 15.2 Å². The number of carbonyl (C=O) groups is 2. The highest BCUT2D eigenvalue weighted by molar-refractivity contribution is 7.22. The van der Waals surface area contributed by atoms with Gasteiger partial charge in [0, 0.05) is 17.3 Å². The van der Waals surface area contributed by atoms with Crippen molar-refractivity contribution in [3.8, 4) is 11.3 Å². The van der Waals surface area contributed by atoms with Crippen LogP contribution in [0.2, 0.25) is 0 Å². The Hall–Kier alpha value is -3.79. The molecule has 0 aliphatic heterocycles. The van der Waals surface area contributed by atoms with Crippen molar-refractivity contribution in [2.75, 3.05) is 11.9 Å². The SMILES string of the molecule is O=C(O)CNC(=O)c1cc(-c2ccc(Nc3nc4ccc(F)cc4s3)cc2)no1. The Kier molecular flexibility index (Phi) is 4.92. The van der Waals surface area contributed by atoms with Gasteiger partial charge in [-0.1, -0.05) is 28.6 Å². The Morgan fingerprint density at radius 3 is 2.69 bits per heavy atom. The van der Waals surface area contributed by atoms with Crippen LogP contribution in [0.25, 0.3) is 21.5 Å². The van der Waals surface area contributed by atoms with Crippen LogP contribution in [0.1, 0.15) is 10.6 Å². The Labute approximate surface area is 167 Å². The number of rotatable bonds is 6. The molecule has 0 atom stereocenters. The molecule has 0 spiro atoms.